The van der Waals surface area contributed by atoms with Crippen LogP contribution in [-0.2, 0) is 11.3 Å². The van der Waals surface area contributed by atoms with Crippen molar-refractivity contribution in [2.75, 3.05) is 0 Å². The molecule has 0 radical (unpaired) electrons. The Morgan fingerprint density at radius 2 is 2.05 bits per heavy atom. The van der Waals surface area contributed by atoms with Crippen LogP contribution in [0.4, 0.5) is 0 Å². The second kappa shape index (κ2) is 6.93. The molecule has 2 rings (SSSR count). The van der Waals surface area contributed by atoms with Crippen molar-refractivity contribution in [2.45, 2.75) is 59.0 Å². The standard InChI is InChI=1S/C17H27NO2S/c1-17(2,3)13-8-6-12(7-9-13)15(16(19)20)18-11-14-5-4-10-21-14/h4-5,10,12-13,15,18H,6-9,11H2,1-3H3,(H,19,20). The topological polar surface area (TPSA) is 49.3 Å². The van der Waals surface area contributed by atoms with Crippen molar-refractivity contribution in [1.82, 2.24) is 5.32 Å². The molecule has 1 unspecified atom stereocenters. The van der Waals surface area contributed by atoms with Crippen molar-refractivity contribution in [3.63, 3.8) is 0 Å². The summed E-state index contributed by atoms with van der Waals surface area (Å²) in [5.41, 5.74) is 0.341. The van der Waals surface area contributed by atoms with Gasteiger partial charge in [-0.15, -0.1) is 11.3 Å². The minimum atomic E-state index is -0.703. The zero-order valence-electron chi connectivity index (χ0n) is 13.3. The highest BCUT2D eigenvalue weighted by Gasteiger charge is 2.35. The molecule has 0 aliphatic heterocycles. The fraction of sp³-hybridized carbons (Fsp3) is 0.706. The maximum Gasteiger partial charge on any atom is 0.320 e. The molecule has 4 heteroatoms. The van der Waals surface area contributed by atoms with Crippen molar-refractivity contribution in [1.29, 1.82) is 0 Å². The van der Waals surface area contributed by atoms with Crippen LogP contribution in [0.3, 0.4) is 0 Å². The van der Waals surface area contributed by atoms with Gasteiger partial charge in [-0.2, -0.15) is 0 Å². The minimum absolute atomic E-state index is 0.265. The third kappa shape index (κ3) is 4.55. The summed E-state index contributed by atoms with van der Waals surface area (Å²) in [7, 11) is 0. The van der Waals surface area contributed by atoms with E-state index in [0.29, 0.717) is 12.0 Å². The van der Waals surface area contributed by atoms with Gasteiger partial charge in [-0.05, 0) is 54.4 Å². The molecule has 118 valence electrons. The van der Waals surface area contributed by atoms with E-state index in [9.17, 15) is 9.90 Å². The van der Waals surface area contributed by atoms with Gasteiger partial charge in [-0.3, -0.25) is 10.1 Å². The van der Waals surface area contributed by atoms with Crippen molar-refractivity contribution < 1.29 is 9.90 Å². The van der Waals surface area contributed by atoms with Crippen LogP contribution in [-0.4, -0.2) is 17.1 Å². The molecule has 0 amide bonds. The average molecular weight is 309 g/mol. The summed E-state index contributed by atoms with van der Waals surface area (Å²) < 4.78 is 0. The van der Waals surface area contributed by atoms with Gasteiger partial charge in [0.1, 0.15) is 6.04 Å². The van der Waals surface area contributed by atoms with E-state index in [4.69, 9.17) is 0 Å². The van der Waals surface area contributed by atoms with Crippen molar-refractivity contribution >= 4 is 17.3 Å². The Labute approximate surface area is 131 Å². The molecule has 21 heavy (non-hydrogen) atoms. The molecule has 1 saturated carbocycles. The predicted octanol–water partition coefficient (Wildman–Crippen LogP) is 4.14. The molecule has 1 aliphatic rings. The maximum absolute atomic E-state index is 11.6. The molecule has 1 heterocycles. The smallest absolute Gasteiger partial charge is 0.320 e. The molecule has 2 N–H and O–H groups in total. The fourth-order valence-corrected chi connectivity index (χ4v) is 4.05. The SMILES string of the molecule is CC(C)(C)C1CCC(C(NCc2cccs2)C(=O)O)CC1. The van der Waals surface area contributed by atoms with Crippen LogP contribution in [0.5, 0.6) is 0 Å². The van der Waals surface area contributed by atoms with Crippen LogP contribution in [0.25, 0.3) is 0 Å². The summed E-state index contributed by atoms with van der Waals surface area (Å²) in [5, 5.41) is 14.8. The number of hydrogen-bond donors (Lipinski definition) is 2. The van der Waals surface area contributed by atoms with Crippen LogP contribution in [0.2, 0.25) is 0 Å². The molecule has 0 aromatic carbocycles. The van der Waals surface area contributed by atoms with Gasteiger partial charge in [0.2, 0.25) is 0 Å². The number of aliphatic carboxylic acids is 1. The van der Waals surface area contributed by atoms with Gasteiger partial charge in [0.25, 0.3) is 0 Å². The van der Waals surface area contributed by atoms with Crippen LogP contribution in [0.1, 0.15) is 51.3 Å². The first-order valence-electron chi connectivity index (χ1n) is 7.86. The van der Waals surface area contributed by atoms with Gasteiger partial charge in [-0.25, -0.2) is 0 Å². The number of nitrogens with one attached hydrogen (secondary N) is 1. The highest BCUT2D eigenvalue weighted by atomic mass is 32.1. The quantitative estimate of drug-likeness (QED) is 0.859. The number of thiophene rings is 1. The lowest BCUT2D eigenvalue weighted by Gasteiger charge is -2.38. The first-order chi connectivity index (χ1) is 9.88. The molecule has 0 saturated heterocycles. The third-order valence-electron chi connectivity index (χ3n) is 4.81. The largest absolute Gasteiger partial charge is 0.480 e. The Kier molecular flexibility index (Phi) is 5.44. The summed E-state index contributed by atoms with van der Waals surface area (Å²) >= 11 is 1.67. The molecule has 3 nitrogen and oxygen atoms in total. The van der Waals surface area contributed by atoms with Crippen molar-refractivity contribution in [2.24, 2.45) is 17.3 Å². The van der Waals surface area contributed by atoms with Gasteiger partial charge in [-0.1, -0.05) is 26.8 Å². The lowest BCUT2D eigenvalue weighted by Crippen LogP contribution is -2.44. The molecule has 1 aliphatic carbocycles. The third-order valence-corrected chi connectivity index (χ3v) is 5.69. The van der Waals surface area contributed by atoms with E-state index in [-0.39, 0.29) is 5.92 Å². The van der Waals surface area contributed by atoms with E-state index in [0.717, 1.165) is 31.6 Å². The molecule has 1 atom stereocenters. The highest BCUT2D eigenvalue weighted by Crippen LogP contribution is 2.40. The number of hydrogen-bond acceptors (Lipinski definition) is 3. The van der Waals surface area contributed by atoms with Crippen LogP contribution < -0.4 is 5.32 Å². The number of carboxylic acid groups (broad SMARTS) is 1. The highest BCUT2D eigenvalue weighted by molar-refractivity contribution is 7.09. The molecular weight excluding hydrogens is 282 g/mol. The maximum atomic E-state index is 11.6. The van der Waals surface area contributed by atoms with Crippen molar-refractivity contribution in [3.8, 4) is 0 Å². The second-order valence-corrected chi connectivity index (χ2v) is 8.29. The normalized spacial score (nSPS) is 24.7. The van der Waals surface area contributed by atoms with E-state index < -0.39 is 12.0 Å². The molecule has 1 aromatic heterocycles. The van der Waals surface area contributed by atoms with E-state index in [2.05, 4.69) is 26.1 Å². The molecule has 0 spiro atoms. The summed E-state index contributed by atoms with van der Waals surface area (Å²) in [6.45, 7) is 7.54. The number of carboxylic acids is 1. The van der Waals surface area contributed by atoms with Gasteiger partial charge >= 0.3 is 5.97 Å². The van der Waals surface area contributed by atoms with Crippen LogP contribution >= 0.6 is 11.3 Å². The van der Waals surface area contributed by atoms with Gasteiger partial charge in [0, 0.05) is 11.4 Å². The fourth-order valence-electron chi connectivity index (χ4n) is 3.40. The Morgan fingerprint density at radius 1 is 1.38 bits per heavy atom. The van der Waals surface area contributed by atoms with E-state index in [1.807, 2.05) is 17.5 Å². The van der Waals surface area contributed by atoms with Gasteiger partial charge in [0.15, 0.2) is 0 Å². The van der Waals surface area contributed by atoms with E-state index >= 15 is 0 Å². The Hall–Kier alpha value is -0.870. The predicted molar refractivity (Wildman–Crippen MR) is 87.5 cm³/mol. The summed E-state index contributed by atoms with van der Waals surface area (Å²) in [5.74, 6) is 0.285. The summed E-state index contributed by atoms with van der Waals surface area (Å²) in [6, 6.07) is 3.65. The van der Waals surface area contributed by atoms with E-state index in [1.165, 1.54) is 4.88 Å². The monoisotopic (exact) mass is 309 g/mol. The van der Waals surface area contributed by atoms with Crippen molar-refractivity contribution in [3.05, 3.63) is 22.4 Å². The second-order valence-electron chi connectivity index (χ2n) is 7.25. The summed E-state index contributed by atoms with van der Waals surface area (Å²) in [4.78, 5) is 12.8. The summed E-state index contributed by atoms with van der Waals surface area (Å²) in [6.07, 6.45) is 4.35. The Morgan fingerprint density at radius 3 is 2.52 bits per heavy atom. The van der Waals surface area contributed by atoms with E-state index in [1.54, 1.807) is 11.3 Å². The molecule has 1 aromatic rings. The van der Waals surface area contributed by atoms with Crippen LogP contribution in [0, 0.1) is 17.3 Å². The Balaban J connectivity index is 1.89. The molecule has 1 fully saturated rings. The average Bonchev–Trinajstić information content (AvgIpc) is 2.91. The number of carbonyl (C=O) groups is 1. The van der Waals surface area contributed by atoms with Gasteiger partial charge < -0.3 is 5.11 Å². The lowest BCUT2D eigenvalue weighted by atomic mass is 9.68. The Bertz CT molecular complexity index is 442. The molecular formula is C17H27NO2S. The van der Waals surface area contributed by atoms with Gasteiger partial charge in [0.05, 0.1) is 0 Å². The lowest BCUT2D eigenvalue weighted by molar-refractivity contribution is -0.141. The number of rotatable bonds is 5. The van der Waals surface area contributed by atoms with Crippen LogP contribution in [0.15, 0.2) is 17.5 Å². The zero-order chi connectivity index (χ0) is 15.5. The molecule has 0 bridgehead atoms. The zero-order valence-corrected chi connectivity index (χ0v) is 14.1. The minimum Gasteiger partial charge on any atom is -0.480 e. The first-order valence-corrected chi connectivity index (χ1v) is 8.74. The first kappa shape index (κ1) is 16.5.